The number of pyridine rings is 1. The standard InChI is InChI=1S/C13H18Br2N2O/c14-10-5-12(15)13(17-7-10)8-16-6-9-1-3-11(18)4-2-9/h5,7,9,11,16,18H,1-4,6,8H2. The van der Waals surface area contributed by atoms with E-state index < -0.39 is 0 Å². The molecule has 2 N–H and O–H groups in total. The van der Waals surface area contributed by atoms with Gasteiger partial charge in [-0.15, -0.1) is 0 Å². The molecular formula is C13H18Br2N2O. The van der Waals surface area contributed by atoms with Gasteiger partial charge in [-0.05, 0) is 76.1 Å². The fraction of sp³-hybridized carbons (Fsp3) is 0.615. The third-order valence-corrected chi connectivity index (χ3v) is 4.55. The molecule has 0 aromatic carbocycles. The maximum absolute atomic E-state index is 9.45. The zero-order chi connectivity index (χ0) is 13.0. The van der Waals surface area contributed by atoms with Crippen LogP contribution in [0.3, 0.4) is 0 Å². The third kappa shape index (κ3) is 4.30. The number of nitrogens with zero attached hydrogens (tertiary/aromatic N) is 1. The number of aromatic nitrogens is 1. The first-order chi connectivity index (χ1) is 8.65. The fourth-order valence-electron chi connectivity index (χ4n) is 2.32. The Morgan fingerprint density at radius 1 is 1.28 bits per heavy atom. The van der Waals surface area contributed by atoms with Gasteiger partial charge < -0.3 is 10.4 Å². The lowest BCUT2D eigenvalue weighted by Crippen LogP contribution is -2.28. The Morgan fingerprint density at radius 3 is 2.67 bits per heavy atom. The molecule has 0 bridgehead atoms. The lowest BCUT2D eigenvalue weighted by molar-refractivity contribution is 0.108. The van der Waals surface area contributed by atoms with Crippen LogP contribution in [0, 0.1) is 5.92 Å². The SMILES string of the molecule is OC1CCC(CNCc2ncc(Br)cc2Br)CC1. The second-order valence-corrected chi connectivity index (χ2v) is 6.66. The van der Waals surface area contributed by atoms with Crippen LogP contribution >= 0.6 is 31.9 Å². The highest BCUT2D eigenvalue weighted by Gasteiger charge is 2.18. The quantitative estimate of drug-likeness (QED) is 0.846. The number of hydrogen-bond acceptors (Lipinski definition) is 3. The van der Waals surface area contributed by atoms with E-state index in [9.17, 15) is 5.11 Å². The minimum Gasteiger partial charge on any atom is -0.393 e. The van der Waals surface area contributed by atoms with E-state index in [2.05, 4.69) is 42.2 Å². The van der Waals surface area contributed by atoms with Crippen molar-refractivity contribution >= 4 is 31.9 Å². The molecule has 0 unspecified atom stereocenters. The first kappa shape index (κ1) is 14.4. The van der Waals surface area contributed by atoms with E-state index in [0.29, 0.717) is 5.92 Å². The maximum Gasteiger partial charge on any atom is 0.0684 e. The lowest BCUT2D eigenvalue weighted by Gasteiger charge is -2.25. The van der Waals surface area contributed by atoms with Gasteiger partial charge in [0.05, 0.1) is 11.8 Å². The Kier molecular flexibility index (Phi) is 5.60. The molecule has 3 nitrogen and oxygen atoms in total. The van der Waals surface area contributed by atoms with Gasteiger partial charge in [0.1, 0.15) is 0 Å². The number of rotatable bonds is 4. The van der Waals surface area contributed by atoms with Crippen LogP contribution in [0.15, 0.2) is 21.2 Å². The molecule has 1 saturated carbocycles. The molecule has 1 heterocycles. The Balaban J connectivity index is 1.75. The van der Waals surface area contributed by atoms with Crippen molar-refractivity contribution in [3.63, 3.8) is 0 Å². The summed E-state index contributed by atoms with van der Waals surface area (Å²) in [5, 5.41) is 12.9. The van der Waals surface area contributed by atoms with Gasteiger partial charge in [0.15, 0.2) is 0 Å². The van der Waals surface area contributed by atoms with Crippen molar-refractivity contribution in [1.29, 1.82) is 0 Å². The summed E-state index contributed by atoms with van der Waals surface area (Å²) in [5.74, 6) is 0.697. The summed E-state index contributed by atoms with van der Waals surface area (Å²) in [6, 6.07) is 2.01. The first-order valence-corrected chi connectivity index (χ1v) is 7.92. The minimum atomic E-state index is -0.0662. The van der Waals surface area contributed by atoms with Crippen LogP contribution in [0.5, 0.6) is 0 Å². The van der Waals surface area contributed by atoms with Crippen LogP contribution in [-0.4, -0.2) is 22.7 Å². The van der Waals surface area contributed by atoms with Crippen molar-refractivity contribution < 1.29 is 5.11 Å². The molecule has 2 rings (SSSR count). The average Bonchev–Trinajstić information content (AvgIpc) is 2.34. The monoisotopic (exact) mass is 376 g/mol. The Morgan fingerprint density at radius 2 is 2.00 bits per heavy atom. The molecule has 1 aromatic heterocycles. The predicted molar refractivity (Wildman–Crippen MR) is 79.3 cm³/mol. The van der Waals surface area contributed by atoms with Crippen LogP contribution in [0.1, 0.15) is 31.4 Å². The molecule has 18 heavy (non-hydrogen) atoms. The Bertz CT molecular complexity index is 393. The van der Waals surface area contributed by atoms with E-state index in [1.807, 2.05) is 12.3 Å². The highest BCUT2D eigenvalue weighted by Crippen LogP contribution is 2.24. The molecule has 0 saturated heterocycles. The zero-order valence-electron chi connectivity index (χ0n) is 10.2. The smallest absolute Gasteiger partial charge is 0.0684 e. The molecule has 1 aromatic rings. The second kappa shape index (κ2) is 6.98. The summed E-state index contributed by atoms with van der Waals surface area (Å²) in [4.78, 5) is 4.38. The number of nitrogens with one attached hydrogen (secondary N) is 1. The van der Waals surface area contributed by atoms with Gasteiger partial charge in [0.25, 0.3) is 0 Å². The van der Waals surface area contributed by atoms with Crippen LogP contribution in [0.2, 0.25) is 0 Å². The summed E-state index contributed by atoms with van der Waals surface area (Å²) < 4.78 is 2.02. The number of aliphatic hydroxyl groups is 1. The molecule has 1 aliphatic rings. The summed E-state index contributed by atoms with van der Waals surface area (Å²) in [6.07, 6.45) is 5.91. The molecule has 0 atom stereocenters. The van der Waals surface area contributed by atoms with E-state index in [4.69, 9.17) is 0 Å². The molecule has 5 heteroatoms. The number of halogens is 2. The van der Waals surface area contributed by atoms with Gasteiger partial charge in [0, 0.05) is 21.7 Å². The normalized spacial score (nSPS) is 24.2. The van der Waals surface area contributed by atoms with Crippen molar-refractivity contribution in [3.8, 4) is 0 Å². The van der Waals surface area contributed by atoms with Crippen molar-refractivity contribution in [1.82, 2.24) is 10.3 Å². The van der Waals surface area contributed by atoms with Crippen LogP contribution in [0.4, 0.5) is 0 Å². The van der Waals surface area contributed by atoms with Gasteiger partial charge >= 0.3 is 0 Å². The van der Waals surface area contributed by atoms with Crippen LogP contribution in [-0.2, 0) is 6.54 Å². The zero-order valence-corrected chi connectivity index (χ0v) is 13.4. The summed E-state index contributed by atoms with van der Waals surface area (Å²) >= 11 is 6.91. The summed E-state index contributed by atoms with van der Waals surface area (Å²) in [5.41, 5.74) is 1.04. The van der Waals surface area contributed by atoms with E-state index in [1.165, 1.54) is 0 Å². The largest absolute Gasteiger partial charge is 0.393 e. The highest BCUT2D eigenvalue weighted by molar-refractivity contribution is 9.11. The number of hydrogen-bond donors (Lipinski definition) is 2. The van der Waals surface area contributed by atoms with Gasteiger partial charge in [0.2, 0.25) is 0 Å². The van der Waals surface area contributed by atoms with E-state index in [-0.39, 0.29) is 6.10 Å². The average molecular weight is 378 g/mol. The lowest BCUT2D eigenvalue weighted by atomic mass is 9.87. The number of aliphatic hydroxyl groups excluding tert-OH is 1. The molecule has 100 valence electrons. The molecule has 0 aliphatic heterocycles. The van der Waals surface area contributed by atoms with Crippen LogP contribution in [0.25, 0.3) is 0 Å². The van der Waals surface area contributed by atoms with Crippen molar-refractivity contribution in [2.45, 2.75) is 38.3 Å². The Labute approximate surface area is 125 Å². The summed E-state index contributed by atoms with van der Waals surface area (Å²) in [7, 11) is 0. The van der Waals surface area contributed by atoms with E-state index >= 15 is 0 Å². The van der Waals surface area contributed by atoms with Crippen molar-refractivity contribution in [2.75, 3.05) is 6.54 Å². The van der Waals surface area contributed by atoms with Gasteiger partial charge in [-0.3, -0.25) is 4.98 Å². The molecular weight excluding hydrogens is 360 g/mol. The maximum atomic E-state index is 9.45. The molecule has 1 fully saturated rings. The third-order valence-electron chi connectivity index (χ3n) is 3.43. The van der Waals surface area contributed by atoms with Crippen molar-refractivity contribution in [2.24, 2.45) is 5.92 Å². The predicted octanol–water partition coefficient (Wildman–Crippen LogP) is 3.25. The Hall–Kier alpha value is 0.0300. The fourth-order valence-corrected chi connectivity index (χ4v) is 3.44. The van der Waals surface area contributed by atoms with Crippen molar-refractivity contribution in [3.05, 3.63) is 26.9 Å². The first-order valence-electron chi connectivity index (χ1n) is 6.34. The molecule has 0 amide bonds. The molecule has 0 spiro atoms. The van der Waals surface area contributed by atoms with E-state index in [1.54, 1.807) is 0 Å². The molecule has 0 radical (unpaired) electrons. The minimum absolute atomic E-state index is 0.0662. The van der Waals surface area contributed by atoms with Gasteiger partial charge in [-0.1, -0.05) is 0 Å². The van der Waals surface area contributed by atoms with E-state index in [0.717, 1.165) is 53.4 Å². The van der Waals surface area contributed by atoms with Gasteiger partial charge in [-0.2, -0.15) is 0 Å². The van der Waals surface area contributed by atoms with Crippen LogP contribution < -0.4 is 5.32 Å². The van der Waals surface area contributed by atoms with Gasteiger partial charge in [-0.25, -0.2) is 0 Å². The second-order valence-electron chi connectivity index (χ2n) is 4.89. The highest BCUT2D eigenvalue weighted by atomic mass is 79.9. The summed E-state index contributed by atoms with van der Waals surface area (Å²) in [6.45, 7) is 1.80. The topological polar surface area (TPSA) is 45.1 Å². The molecule has 1 aliphatic carbocycles.